The second-order valence-corrected chi connectivity index (χ2v) is 5.19. The summed E-state index contributed by atoms with van der Waals surface area (Å²) in [7, 11) is 1.56. The molecule has 1 rings (SSSR count). The van der Waals surface area contributed by atoms with E-state index in [9.17, 15) is 4.79 Å². The molecule has 1 atom stereocenters. The third-order valence-electron chi connectivity index (χ3n) is 2.78. The van der Waals surface area contributed by atoms with Crippen LogP contribution in [-0.2, 0) is 4.79 Å². The molecule has 0 saturated heterocycles. The molecule has 112 valence electrons. The highest BCUT2D eigenvalue weighted by molar-refractivity contribution is 5.77. The maximum atomic E-state index is 11.6. The summed E-state index contributed by atoms with van der Waals surface area (Å²) in [5, 5.41) is 2.79. The normalized spacial score (nSPS) is 12.1. The molecule has 0 aliphatic carbocycles. The molecule has 5 heteroatoms. The number of hydrogen-bond acceptors (Lipinski definition) is 4. The molecular weight excluding hydrogens is 256 g/mol. The number of carbonyl (C=O) groups excluding carboxylic acids is 1. The molecule has 0 heterocycles. The second kappa shape index (κ2) is 7.75. The van der Waals surface area contributed by atoms with Crippen molar-refractivity contribution in [1.29, 1.82) is 0 Å². The minimum atomic E-state index is -0.142. The lowest BCUT2D eigenvalue weighted by Crippen LogP contribution is -2.31. The second-order valence-electron chi connectivity index (χ2n) is 5.19. The SMILES string of the molecule is COc1cc([C@H](C)N)ccc1OCC(=O)NCC(C)C. The fourth-order valence-corrected chi connectivity index (χ4v) is 1.60. The Morgan fingerprint density at radius 1 is 1.30 bits per heavy atom. The van der Waals surface area contributed by atoms with Crippen molar-refractivity contribution in [2.24, 2.45) is 11.7 Å². The number of amides is 1. The highest BCUT2D eigenvalue weighted by Gasteiger charge is 2.10. The molecule has 1 aromatic carbocycles. The van der Waals surface area contributed by atoms with Crippen LogP contribution in [0.4, 0.5) is 0 Å². The summed E-state index contributed by atoms with van der Waals surface area (Å²) in [4.78, 5) is 11.6. The van der Waals surface area contributed by atoms with Crippen LogP contribution in [0.3, 0.4) is 0 Å². The van der Waals surface area contributed by atoms with Crippen molar-refractivity contribution in [3.63, 3.8) is 0 Å². The summed E-state index contributed by atoms with van der Waals surface area (Å²) < 4.78 is 10.7. The topological polar surface area (TPSA) is 73.6 Å². The Balaban J connectivity index is 2.61. The highest BCUT2D eigenvalue weighted by Crippen LogP contribution is 2.29. The highest BCUT2D eigenvalue weighted by atomic mass is 16.5. The Labute approximate surface area is 120 Å². The van der Waals surface area contributed by atoms with E-state index >= 15 is 0 Å². The van der Waals surface area contributed by atoms with E-state index in [2.05, 4.69) is 5.32 Å². The van der Waals surface area contributed by atoms with Gasteiger partial charge >= 0.3 is 0 Å². The van der Waals surface area contributed by atoms with E-state index in [-0.39, 0.29) is 18.6 Å². The van der Waals surface area contributed by atoms with Crippen LogP contribution in [0.25, 0.3) is 0 Å². The molecule has 20 heavy (non-hydrogen) atoms. The van der Waals surface area contributed by atoms with Gasteiger partial charge < -0.3 is 20.5 Å². The van der Waals surface area contributed by atoms with Gasteiger partial charge in [0.1, 0.15) is 0 Å². The molecular formula is C15H24N2O3. The molecule has 1 amide bonds. The lowest BCUT2D eigenvalue weighted by atomic mass is 10.1. The summed E-state index contributed by atoms with van der Waals surface area (Å²) in [6.45, 7) is 6.59. The Morgan fingerprint density at radius 2 is 2.00 bits per heavy atom. The zero-order valence-corrected chi connectivity index (χ0v) is 12.6. The smallest absolute Gasteiger partial charge is 0.257 e. The van der Waals surface area contributed by atoms with E-state index in [0.717, 1.165) is 5.56 Å². The molecule has 0 aliphatic rings. The quantitative estimate of drug-likeness (QED) is 0.799. The lowest BCUT2D eigenvalue weighted by Gasteiger charge is -2.14. The molecule has 0 spiro atoms. The van der Waals surface area contributed by atoms with Crippen LogP contribution in [0.2, 0.25) is 0 Å². The first-order chi connectivity index (χ1) is 9.43. The first-order valence-electron chi connectivity index (χ1n) is 6.77. The molecule has 5 nitrogen and oxygen atoms in total. The fraction of sp³-hybridized carbons (Fsp3) is 0.533. The number of ether oxygens (including phenoxy) is 2. The third-order valence-corrected chi connectivity index (χ3v) is 2.78. The van der Waals surface area contributed by atoms with Gasteiger partial charge in [0.25, 0.3) is 5.91 Å². The Bertz CT molecular complexity index is 445. The van der Waals surface area contributed by atoms with Gasteiger partial charge in [-0.05, 0) is 30.5 Å². The average molecular weight is 280 g/mol. The van der Waals surface area contributed by atoms with E-state index in [1.807, 2.05) is 32.9 Å². The van der Waals surface area contributed by atoms with Crippen LogP contribution < -0.4 is 20.5 Å². The summed E-state index contributed by atoms with van der Waals surface area (Å²) >= 11 is 0. The Morgan fingerprint density at radius 3 is 2.55 bits per heavy atom. The molecule has 0 aromatic heterocycles. The van der Waals surface area contributed by atoms with Crippen LogP contribution in [0.15, 0.2) is 18.2 Å². The lowest BCUT2D eigenvalue weighted by molar-refractivity contribution is -0.123. The molecule has 0 bridgehead atoms. The number of nitrogens with two attached hydrogens (primary N) is 1. The van der Waals surface area contributed by atoms with Crippen molar-refractivity contribution in [3.05, 3.63) is 23.8 Å². The van der Waals surface area contributed by atoms with E-state index < -0.39 is 0 Å². The number of rotatable bonds is 7. The van der Waals surface area contributed by atoms with Crippen molar-refractivity contribution >= 4 is 5.91 Å². The van der Waals surface area contributed by atoms with E-state index in [4.69, 9.17) is 15.2 Å². The Kier molecular flexibility index (Phi) is 6.31. The van der Waals surface area contributed by atoms with E-state index in [1.165, 1.54) is 0 Å². The number of hydrogen-bond donors (Lipinski definition) is 2. The third kappa shape index (κ3) is 5.09. The van der Waals surface area contributed by atoms with Crippen molar-refractivity contribution in [2.75, 3.05) is 20.3 Å². The van der Waals surface area contributed by atoms with E-state index in [1.54, 1.807) is 13.2 Å². The number of benzene rings is 1. The van der Waals surface area contributed by atoms with Crippen molar-refractivity contribution < 1.29 is 14.3 Å². The van der Waals surface area contributed by atoms with Crippen LogP contribution in [0.5, 0.6) is 11.5 Å². The van der Waals surface area contributed by atoms with Crippen molar-refractivity contribution in [2.45, 2.75) is 26.8 Å². The van der Waals surface area contributed by atoms with Gasteiger partial charge in [-0.25, -0.2) is 0 Å². The predicted molar refractivity (Wildman–Crippen MR) is 78.9 cm³/mol. The summed E-state index contributed by atoms with van der Waals surface area (Å²) in [5.74, 6) is 1.39. The number of nitrogens with one attached hydrogen (secondary N) is 1. The number of carbonyl (C=O) groups is 1. The van der Waals surface area contributed by atoms with Gasteiger partial charge in [0, 0.05) is 12.6 Å². The maximum Gasteiger partial charge on any atom is 0.257 e. The predicted octanol–water partition coefficient (Wildman–Crippen LogP) is 1.87. The van der Waals surface area contributed by atoms with Gasteiger partial charge in [-0.1, -0.05) is 19.9 Å². The van der Waals surface area contributed by atoms with Crippen molar-refractivity contribution in [3.8, 4) is 11.5 Å². The molecule has 0 aliphatic heterocycles. The molecule has 0 unspecified atom stereocenters. The monoisotopic (exact) mass is 280 g/mol. The van der Waals surface area contributed by atoms with Gasteiger partial charge in [0.2, 0.25) is 0 Å². The zero-order chi connectivity index (χ0) is 15.1. The van der Waals surface area contributed by atoms with Gasteiger partial charge in [-0.3, -0.25) is 4.79 Å². The molecule has 0 fully saturated rings. The molecule has 0 radical (unpaired) electrons. The fourth-order valence-electron chi connectivity index (χ4n) is 1.60. The maximum absolute atomic E-state index is 11.6. The molecule has 0 saturated carbocycles. The standard InChI is InChI=1S/C15H24N2O3/c1-10(2)8-17-15(18)9-20-13-6-5-12(11(3)16)7-14(13)19-4/h5-7,10-11H,8-9,16H2,1-4H3,(H,17,18)/t11-/m0/s1. The van der Waals surface area contributed by atoms with Crippen LogP contribution in [0, 0.1) is 5.92 Å². The van der Waals surface area contributed by atoms with E-state index in [0.29, 0.717) is 24.0 Å². The average Bonchev–Trinajstić information content (AvgIpc) is 2.42. The summed E-state index contributed by atoms with van der Waals surface area (Å²) in [5.41, 5.74) is 6.77. The largest absolute Gasteiger partial charge is 0.493 e. The van der Waals surface area contributed by atoms with Gasteiger partial charge in [-0.2, -0.15) is 0 Å². The summed E-state index contributed by atoms with van der Waals surface area (Å²) in [6.07, 6.45) is 0. The van der Waals surface area contributed by atoms with Crippen LogP contribution in [-0.4, -0.2) is 26.2 Å². The number of methoxy groups -OCH3 is 1. The minimum absolute atomic E-state index is 0.0272. The molecule has 3 N–H and O–H groups in total. The zero-order valence-electron chi connectivity index (χ0n) is 12.6. The Hall–Kier alpha value is -1.75. The van der Waals surface area contributed by atoms with Gasteiger partial charge in [0.05, 0.1) is 7.11 Å². The van der Waals surface area contributed by atoms with Crippen molar-refractivity contribution in [1.82, 2.24) is 5.32 Å². The molecule has 1 aromatic rings. The van der Waals surface area contributed by atoms with Crippen LogP contribution >= 0.6 is 0 Å². The first-order valence-corrected chi connectivity index (χ1v) is 6.77. The van der Waals surface area contributed by atoms with Crippen LogP contribution in [0.1, 0.15) is 32.4 Å². The van der Waals surface area contributed by atoms with Gasteiger partial charge in [0.15, 0.2) is 18.1 Å². The minimum Gasteiger partial charge on any atom is -0.493 e. The van der Waals surface area contributed by atoms with Gasteiger partial charge in [-0.15, -0.1) is 0 Å². The first kappa shape index (κ1) is 16.3. The summed E-state index contributed by atoms with van der Waals surface area (Å²) in [6, 6.07) is 5.39.